The Labute approximate surface area is 193 Å². The van der Waals surface area contributed by atoms with Crippen molar-refractivity contribution in [2.45, 2.75) is 23.8 Å². The summed E-state index contributed by atoms with van der Waals surface area (Å²) in [5.74, 6) is 2.25. The smallest absolute Gasteiger partial charge is 0.256 e. The van der Waals surface area contributed by atoms with Gasteiger partial charge in [0.25, 0.3) is 5.91 Å². The summed E-state index contributed by atoms with van der Waals surface area (Å²) in [7, 11) is 3.28. The molecule has 0 spiro atoms. The SMILES string of the molecule is COc1ccc(-c2cc(NC(=O)c3ccccc3SC[C@H]3CCCO3)ccc2OC)cc1. The molecule has 1 aliphatic heterocycles. The summed E-state index contributed by atoms with van der Waals surface area (Å²) in [5.41, 5.74) is 3.25. The Kier molecular flexibility index (Phi) is 7.35. The molecule has 0 saturated carbocycles. The molecule has 0 bridgehead atoms. The van der Waals surface area contributed by atoms with Gasteiger partial charge in [0.1, 0.15) is 11.5 Å². The van der Waals surface area contributed by atoms with Gasteiger partial charge >= 0.3 is 0 Å². The molecule has 1 aliphatic rings. The molecule has 1 heterocycles. The average Bonchev–Trinajstić information content (AvgIpc) is 3.36. The number of anilines is 1. The largest absolute Gasteiger partial charge is 0.497 e. The van der Waals surface area contributed by atoms with E-state index < -0.39 is 0 Å². The monoisotopic (exact) mass is 449 g/mol. The fourth-order valence-electron chi connectivity index (χ4n) is 3.72. The molecule has 1 N–H and O–H groups in total. The fourth-order valence-corrected chi connectivity index (χ4v) is 4.84. The highest BCUT2D eigenvalue weighted by molar-refractivity contribution is 7.99. The van der Waals surface area contributed by atoms with Gasteiger partial charge in [-0.3, -0.25) is 4.79 Å². The molecule has 0 radical (unpaired) electrons. The summed E-state index contributed by atoms with van der Waals surface area (Å²) in [6.07, 6.45) is 2.47. The number of hydrogen-bond donors (Lipinski definition) is 1. The van der Waals surface area contributed by atoms with E-state index in [1.165, 1.54) is 0 Å². The van der Waals surface area contributed by atoms with Crippen LogP contribution in [0.15, 0.2) is 71.6 Å². The molecule has 1 amide bonds. The summed E-state index contributed by atoms with van der Waals surface area (Å²) in [5, 5.41) is 3.05. The molecule has 3 aromatic carbocycles. The van der Waals surface area contributed by atoms with E-state index in [1.807, 2.05) is 66.7 Å². The number of benzene rings is 3. The predicted molar refractivity (Wildman–Crippen MR) is 129 cm³/mol. The van der Waals surface area contributed by atoms with E-state index in [-0.39, 0.29) is 12.0 Å². The molecule has 32 heavy (non-hydrogen) atoms. The van der Waals surface area contributed by atoms with E-state index in [1.54, 1.807) is 26.0 Å². The van der Waals surface area contributed by atoms with Gasteiger partial charge in [0.2, 0.25) is 0 Å². The summed E-state index contributed by atoms with van der Waals surface area (Å²) >= 11 is 1.68. The molecule has 1 saturated heterocycles. The van der Waals surface area contributed by atoms with Crippen molar-refractivity contribution in [1.82, 2.24) is 0 Å². The first-order chi connectivity index (χ1) is 15.7. The molecule has 6 heteroatoms. The minimum atomic E-state index is -0.133. The Morgan fingerprint density at radius 2 is 1.88 bits per heavy atom. The maximum absolute atomic E-state index is 13.1. The zero-order valence-corrected chi connectivity index (χ0v) is 19.1. The third-order valence-electron chi connectivity index (χ3n) is 5.44. The molecular formula is C26H27NO4S. The van der Waals surface area contributed by atoms with Gasteiger partial charge in [-0.2, -0.15) is 0 Å². The first-order valence-electron chi connectivity index (χ1n) is 10.6. The second-order valence-electron chi connectivity index (χ2n) is 7.54. The zero-order chi connectivity index (χ0) is 22.3. The van der Waals surface area contributed by atoms with Crippen molar-refractivity contribution in [2.24, 2.45) is 0 Å². The van der Waals surface area contributed by atoms with Crippen LogP contribution in [0.3, 0.4) is 0 Å². The van der Waals surface area contributed by atoms with Gasteiger partial charge in [0, 0.05) is 28.5 Å². The quantitative estimate of drug-likeness (QED) is 0.434. The maximum atomic E-state index is 13.1. The molecular weight excluding hydrogens is 422 g/mol. The zero-order valence-electron chi connectivity index (χ0n) is 18.3. The van der Waals surface area contributed by atoms with Gasteiger partial charge in [-0.25, -0.2) is 0 Å². The summed E-state index contributed by atoms with van der Waals surface area (Å²) in [6.45, 7) is 0.835. The Morgan fingerprint density at radius 3 is 2.59 bits per heavy atom. The van der Waals surface area contributed by atoms with Gasteiger partial charge in [-0.1, -0.05) is 24.3 Å². The molecule has 0 aliphatic carbocycles. The Balaban J connectivity index is 1.53. The van der Waals surface area contributed by atoms with Gasteiger partial charge < -0.3 is 19.5 Å². The summed E-state index contributed by atoms with van der Waals surface area (Å²) < 4.78 is 16.5. The van der Waals surface area contributed by atoms with Gasteiger partial charge in [0.15, 0.2) is 0 Å². The first-order valence-corrected chi connectivity index (χ1v) is 11.6. The minimum Gasteiger partial charge on any atom is -0.497 e. The van der Waals surface area contributed by atoms with Crippen molar-refractivity contribution < 1.29 is 19.0 Å². The maximum Gasteiger partial charge on any atom is 0.256 e. The van der Waals surface area contributed by atoms with E-state index in [0.29, 0.717) is 11.3 Å². The Bertz CT molecular complexity index is 1060. The molecule has 1 atom stereocenters. The van der Waals surface area contributed by atoms with Gasteiger partial charge in [-0.15, -0.1) is 11.8 Å². The predicted octanol–water partition coefficient (Wildman–Crippen LogP) is 5.89. The number of nitrogens with one attached hydrogen (secondary N) is 1. The fraction of sp³-hybridized carbons (Fsp3) is 0.269. The number of hydrogen-bond acceptors (Lipinski definition) is 5. The van der Waals surface area contributed by atoms with E-state index >= 15 is 0 Å². The van der Waals surface area contributed by atoms with Crippen molar-refractivity contribution in [3.63, 3.8) is 0 Å². The number of methoxy groups -OCH3 is 2. The molecule has 4 rings (SSSR count). The molecule has 0 unspecified atom stereocenters. The summed E-state index contributed by atoms with van der Waals surface area (Å²) in [4.78, 5) is 14.1. The van der Waals surface area contributed by atoms with Gasteiger partial charge in [0.05, 0.1) is 25.9 Å². The highest BCUT2D eigenvalue weighted by atomic mass is 32.2. The Hall–Kier alpha value is -2.96. The lowest BCUT2D eigenvalue weighted by Gasteiger charge is -2.14. The van der Waals surface area contributed by atoms with Crippen LogP contribution in [0.2, 0.25) is 0 Å². The van der Waals surface area contributed by atoms with Crippen LogP contribution in [0, 0.1) is 0 Å². The molecule has 166 valence electrons. The van der Waals surface area contributed by atoms with E-state index in [9.17, 15) is 4.79 Å². The van der Waals surface area contributed by atoms with Crippen LogP contribution in [-0.2, 0) is 4.74 Å². The average molecular weight is 450 g/mol. The van der Waals surface area contributed by atoms with Crippen LogP contribution >= 0.6 is 11.8 Å². The molecule has 1 fully saturated rings. The third-order valence-corrected chi connectivity index (χ3v) is 6.64. The van der Waals surface area contributed by atoms with Crippen LogP contribution in [0.4, 0.5) is 5.69 Å². The number of ether oxygens (including phenoxy) is 3. The highest BCUT2D eigenvalue weighted by Gasteiger charge is 2.18. The highest BCUT2D eigenvalue weighted by Crippen LogP contribution is 2.34. The van der Waals surface area contributed by atoms with Crippen LogP contribution in [-0.4, -0.2) is 38.6 Å². The van der Waals surface area contributed by atoms with Crippen LogP contribution in [0.5, 0.6) is 11.5 Å². The van der Waals surface area contributed by atoms with Crippen molar-refractivity contribution >= 4 is 23.4 Å². The van der Waals surface area contributed by atoms with E-state index in [0.717, 1.165) is 52.7 Å². The molecule has 0 aromatic heterocycles. The van der Waals surface area contributed by atoms with Crippen LogP contribution in [0.25, 0.3) is 11.1 Å². The molecule has 5 nitrogen and oxygen atoms in total. The number of carbonyl (C=O) groups is 1. The van der Waals surface area contributed by atoms with E-state index in [2.05, 4.69) is 5.32 Å². The third kappa shape index (κ3) is 5.26. The van der Waals surface area contributed by atoms with Gasteiger partial charge in [-0.05, 0) is 60.9 Å². The van der Waals surface area contributed by atoms with Crippen molar-refractivity contribution in [2.75, 3.05) is 31.9 Å². The summed E-state index contributed by atoms with van der Waals surface area (Å²) in [6, 6.07) is 21.1. The first kappa shape index (κ1) is 22.2. The van der Waals surface area contributed by atoms with Crippen molar-refractivity contribution in [1.29, 1.82) is 0 Å². The number of rotatable bonds is 8. The van der Waals surface area contributed by atoms with E-state index in [4.69, 9.17) is 14.2 Å². The standard InChI is InChI=1S/C26H27NO4S/c1-29-20-12-9-18(10-13-20)23-16-19(11-14-24(23)30-2)27-26(28)22-7-3-4-8-25(22)32-17-21-6-5-15-31-21/h3-4,7-14,16,21H,5-6,15,17H2,1-2H3,(H,27,28)/t21-/m1/s1. The minimum absolute atomic E-state index is 0.133. The number of carbonyl (C=O) groups excluding carboxylic acids is 1. The van der Waals surface area contributed by atoms with Crippen LogP contribution in [0.1, 0.15) is 23.2 Å². The second kappa shape index (κ2) is 10.6. The lowest BCUT2D eigenvalue weighted by Crippen LogP contribution is -2.14. The Morgan fingerprint density at radius 1 is 1.06 bits per heavy atom. The lowest BCUT2D eigenvalue weighted by molar-refractivity contribution is 0.102. The normalized spacial score (nSPS) is 15.4. The number of amides is 1. The topological polar surface area (TPSA) is 56.8 Å². The van der Waals surface area contributed by atoms with Crippen molar-refractivity contribution in [3.8, 4) is 22.6 Å². The van der Waals surface area contributed by atoms with Crippen molar-refractivity contribution in [3.05, 3.63) is 72.3 Å². The second-order valence-corrected chi connectivity index (χ2v) is 8.60. The molecule has 3 aromatic rings. The number of thioether (sulfide) groups is 1. The van der Waals surface area contributed by atoms with Crippen LogP contribution < -0.4 is 14.8 Å². The lowest BCUT2D eigenvalue weighted by atomic mass is 10.0.